The highest BCUT2D eigenvalue weighted by molar-refractivity contribution is 7.89. The van der Waals surface area contributed by atoms with Gasteiger partial charge in [0.25, 0.3) is 11.8 Å². The highest BCUT2D eigenvalue weighted by Crippen LogP contribution is 2.44. The van der Waals surface area contributed by atoms with Crippen molar-refractivity contribution in [2.24, 2.45) is 11.8 Å². The first-order valence-electron chi connectivity index (χ1n) is 14.2. The maximum atomic E-state index is 14.6. The van der Waals surface area contributed by atoms with Crippen LogP contribution >= 0.6 is 0 Å². The highest BCUT2D eigenvalue weighted by Gasteiger charge is 2.49. The molecule has 7 nitrogen and oxygen atoms in total. The Hall–Kier alpha value is -2.57. The van der Waals surface area contributed by atoms with E-state index in [0.717, 1.165) is 11.0 Å². The number of piperidine rings is 1. The summed E-state index contributed by atoms with van der Waals surface area (Å²) in [5.41, 5.74) is 0.530. The molecule has 228 valence electrons. The van der Waals surface area contributed by atoms with E-state index >= 15 is 0 Å². The number of carbonyl (C=O) groups excluding carboxylic acids is 2. The van der Waals surface area contributed by atoms with E-state index in [9.17, 15) is 35.4 Å². The Kier molecular flexibility index (Phi) is 8.45. The predicted molar refractivity (Wildman–Crippen MR) is 153 cm³/mol. The molecule has 2 amide bonds. The molecule has 12 heteroatoms. The fourth-order valence-corrected chi connectivity index (χ4v) is 9.77. The van der Waals surface area contributed by atoms with E-state index in [0.29, 0.717) is 31.7 Å². The zero-order chi connectivity index (χ0) is 30.6. The van der Waals surface area contributed by atoms with Crippen molar-refractivity contribution in [3.63, 3.8) is 0 Å². The number of benzene rings is 2. The monoisotopic (exact) mass is 624 g/mol. The fourth-order valence-electron chi connectivity index (χ4n) is 6.58. The Labute approximate surface area is 247 Å². The largest absolute Gasteiger partial charge is 0.273 e. The van der Waals surface area contributed by atoms with Crippen LogP contribution in [0.2, 0.25) is 0 Å². The number of fused-ring (bicyclic) bond motifs is 3. The molecule has 0 N–H and O–H groups in total. The zero-order valence-electron chi connectivity index (χ0n) is 23.8. The second-order valence-electron chi connectivity index (χ2n) is 12.5. The van der Waals surface area contributed by atoms with Crippen LogP contribution in [-0.4, -0.2) is 68.5 Å². The van der Waals surface area contributed by atoms with Crippen molar-refractivity contribution in [1.29, 1.82) is 0 Å². The average molecular weight is 625 g/mol. The summed E-state index contributed by atoms with van der Waals surface area (Å²) in [6.45, 7) is 5.26. The summed E-state index contributed by atoms with van der Waals surface area (Å²) in [5.74, 6) is -4.92. The molecule has 0 spiro atoms. The van der Waals surface area contributed by atoms with Gasteiger partial charge in [-0.25, -0.2) is 21.6 Å². The van der Waals surface area contributed by atoms with E-state index in [4.69, 9.17) is 0 Å². The standard InChI is InChI=1S/C30H35F3N2O5S2/c1-30(2,3)41(38)17-20(12-19-15-26(32)27(33)16-25(19)31)18-13-21-8-9-22(14-18)35(21)42(39,40)11-10-34-28(36)23-6-4-5-7-24(23)29(34)37/h4-7,15-16,18,20-22H,8-14,17H2,1-3H3/t18?,20-,21-,22+,41+/m0/s1. The third-order valence-electron chi connectivity index (χ3n) is 8.76. The molecule has 5 atom stereocenters. The molecular weight excluding hydrogens is 589 g/mol. The summed E-state index contributed by atoms with van der Waals surface area (Å²) in [6, 6.07) is 7.10. The van der Waals surface area contributed by atoms with Gasteiger partial charge in [-0.2, -0.15) is 4.31 Å². The number of amides is 2. The van der Waals surface area contributed by atoms with Crippen molar-refractivity contribution in [3.8, 4) is 0 Å². The summed E-state index contributed by atoms with van der Waals surface area (Å²) in [7, 11) is -5.14. The number of hydrogen-bond acceptors (Lipinski definition) is 5. The lowest BCUT2D eigenvalue weighted by atomic mass is 9.79. The average Bonchev–Trinajstić information content (AvgIpc) is 3.34. The van der Waals surface area contributed by atoms with Crippen LogP contribution in [0.4, 0.5) is 13.2 Å². The molecule has 0 aliphatic carbocycles. The van der Waals surface area contributed by atoms with Crippen LogP contribution in [0.3, 0.4) is 0 Å². The van der Waals surface area contributed by atoms with Gasteiger partial charge < -0.3 is 0 Å². The maximum Gasteiger partial charge on any atom is 0.261 e. The smallest absolute Gasteiger partial charge is 0.261 e. The van der Waals surface area contributed by atoms with E-state index < -0.39 is 60.6 Å². The van der Waals surface area contributed by atoms with Gasteiger partial charge in [0.15, 0.2) is 11.6 Å². The highest BCUT2D eigenvalue weighted by atomic mass is 32.2. The number of hydrogen-bond donors (Lipinski definition) is 0. The molecule has 2 bridgehead atoms. The molecule has 3 aliphatic rings. The van der Waals surface area contributed by atoms with Gasteiger partial charge in [-0.05, 0) is 88.5 Å². The topological polar surface area (TPSA) is 91.8 Å². The first-order valence-corrected chi connectivity index (χ1v) is 17.1. The number of imide groups is 1. The summed E-state index contributed by atoms with van der Waals surface area (Å²) in [6.07, 6.45) is 2.23. The molecule has 2 aromatic carbocycles. The van der Waals surface area contributed by atoms with Gasteiger partial charge in [-0.1, -0.05) is 12.1 Å². The van der Waals surface area contributed by atoms with Gasteiger partial charge in [0.05, 0.1) is 16.9 Å². The normalized spacial score (nSPS) is 24.2. The number of halogens is 3. The van der Waals surface area contributed by atoms with Crippen molar-refractivity contribution < 1.29 is 35.4 Å². The van der Waals surface area contributed by atoms with Crippen LogP contribution in [0, 0.1) is 29.3 Å². The molecule has 2 aromatic rings. The van der Waals surface area contributed by atoms with E-state index in [2.05, 4.69) is 0 Å². The third-order valence-corrected chi connectivity index (χ3v) is 12.8. The van der Waals surface area contributed by atoms with Crippen molar-refractivity contribution in [3.05, 3.63) is 70.5 Å². The van der Waals surface area contributed by atoms with Crippen molar-refractivity contribution >= 4 is 32.6 Å². The Morgan fingerprint density at radius 3 is 2.02 bits per heavy atom. The molecule has 42 heavy (non-hydrogen) atoms. The first-order chi connectivity index (χ1) is 19.7. The van der Waals surface area contributed by atoms with Gasteiger partial charge in [-0.3, -0.25) is 18.7 Å². The lowest BCUT2D eigenvalue weighted by Gasteiger charge is -2.41. The SMILES string of the molecule is CC(C)(C)[S@](=O)C[C@H](Cc1cc(F)c(F)cc1F)C1C[C@H]2CC[C@@H](C1)N2S(=O)(=O)CCN1C(=O)c2ccccc2C1=O. The summed E-state index contributed by atoms with van der Waals surface area (Å²) in [4.78, 5) is 26.4. The second kappa shape index (κ2) is 11.5. The summed E-state index contributed by atoms with van der Waals surface area (Å²) < 4.78 is 83.6. The fraction of sp³-hybridized carbons (Fsp3) is 0.533. The Morgan fingerprint density at radius 2 is 1.48 bits per heavy atom. The molecule has 2 fully saturated rings. The summed E-state index contributed by atoms with van der Waals surface area (Å²) in [5, 5.41) is 0. The maximum absolute atomic E-state index is 14.6. The lowest BCUT2D eigenvalue weighted by Crippen LogP contribution is -2.50. The third kappa shape index (κ3) is 5.94. The van der Waals surface area contributed by atoms with Crippen LogP contribution in [-0.2, 0) is 27.2 Å². The van der Waals surface area contributed by atoms with Crippen LogP contribution in [0.15, 0.2) is 36.4 Å². The van der Waals surface area contributed by atoms with Crippen LogP contribution in [0.1, 0.15) is 72.7 Å². The van der Waals surface area contributed by atoms with E-state index in [-0.39, 0.29) is 59.3 Å². The number of nitrogens with zero attached hydrogens (tertiary/aromatic N) is 2. The van der Waals surface area contributed by atoms with Gasteiger partial charge in [0.1, 0.15) is 5.82 Å². The minimum Gasteiger partial charge on any atom is -0.273 e. The Balaban J connectivity index is 1.32. The van der Waals surface area contributed by atoms with Crippen molar-refractivity contribution in [2.75, 3.05) is 18.1 Å². The predicted octanol–water partition coefficient (Wildman–Crippen LogP) is 4.68. The zero-order valence-corrected chi connectivity index (χ0v) is 25.4. The Bertz CT molecular complexity index is 1490. The summed E-state index contributed by atoms with van der Waals surface area (Å²) >= 11 is 0. The van der Waals surface area contributed by atoms with E-state index in [1.165, 1.54) is 4.31 Å². The molecule has 5 rings (SSSR count). The van der Waals surface area contributed by atoms with Crippen LogP contribution in [0.25, 0.3) is 0 Å². The minimum atomic E-state index is -3.84. The van der Waals surface area contributed by atoms with Crippen molar-refractivity contribution in [2.45, 2.75) is 69.7 Å². The Morgan fingerprint density at radius 1 is 0.929 bits per heavy atom. The molecule has 1 unspecified atom stereocenters. The van der Waals surface area contributed by atoms with Gasteiger partial charge in [0, 0.05) is 46.0 Å². The molecule has 0 saturated carbocycles. The number of carbonyl (C=O) groups is 2. The molecule has 2 saturated heterocycles. The molecular formula is C30H35F3N2O5S2. The molecule has 3 aliphatic heterocycles. The van der Waals surface area contributed by atoms with Crippen LogP contribution < -0.4 is 0 Å². The molecule has 3 heterocycles. The molecule has 0 aromatic heterocycles. The lowest BCUT2D eigenvalue weighted by molar-refractivity contribution is 0.0663. The quantitative estimate of drug-likeness (QED) is 0.299. The van der Waals surface area contributed by atoms with Crippen molar-refractivity contribution in [1.82, 2.24) is 9.21 Å². The number of sulfonamides is 1. The number of rotatable bonds is 9. The molecule has 0 radical (unpaired) electrons. The minimum absolute atomic E-state index is 0.00755. The van der Waals surface area contributed by atoms with Gasteiger partial charge in [-0.15, -0.1) is 0 Å². The van der Waals surface area contributed by atoms with E-state index in [1.54, 1.807) is 24.3 Å². The van der Waals surface area contributed by atoms with E-state index in [1.807, 2.05) is 20.8 Å². The second-order valence-corrected chi connectivity index (χ2v) is 16.8. The van der Waals surface area contributed by atoms with Gasteiger partial charge >= 0.3 is 0 Å². The van der Waals surface area contributed by atoms with Gasteiger partial charge in [0.2, 0.25) is 10.0 Å². The first kappa shape index (κ1) is 30.9. The van der Waals surface area contributed by atoms with Crippen LogP contribution in [0.5, 0.6) is 0 Å².